The summed E-state index contributed by atoms with van der Waals surface area (Å²) in [4.78, 5) is 13.8. The van der Waals surface area contributed by atoms with Gasteiger partial charge in [0.25, 0.3) is 0 Å². The first-order valence-electron chi connectivity index (χ1n) is 6.66. The van der Waals surface area contributed by atoms with Crippen molar-refractivity contribution in [1.29, 1.82) is 0 Å². The highest BCUT2D eigenvalue weighted by Crippen LogP contribution is 2.26. The Balaban J connectivity index is 1.71. The summed E-state index contributed by atoms with van der Waals surface area (Å²) >= 11 is 0. The van der Waals surface area contributed by atoms with Crippen LogP contribution in [0.3, 0.4) is 0 Å². The number of benzene rings is 1. The van der Waals surface area contributed by atoms with Crippen LogP contribution in [0.4, 0.5) is 5.69 Å². The van der Waals surface area contributed by atoms with Gasteiger partial charge in [0.2, 0.25) is 5.91 Å². The normalized spacial score (nSPS) is 21.9. The molecule has 2 N–H and O–H groups in total. The highest BCUT2D eigenvalue weighted by atomic mass is 16.2. The Bertz CT molecular complexity index is 585. The lowest BCUT2D eigenvalue weighted by molar-refractivity contribution is -0.123. The van der Waals surface area contributed by atoms with Gasteiger partial charge >= 0.3 is 0 Å². The number of carbonyl (C=O) groups excluding carboxylic acids is 1. The molecule has 1 unspecified atom stereocenters. The first-order chi connectivity index (χ1) is 9.67. The van der Waals surface area contributed by atoms with Gasteiger partial charge in [0, 0.05) is 12.2 Å². The van der Waals surface area contributed by atoms with Gasteiger partial charge in [-0.1, -0.05) is 0 Å². The van der Waals surface area contributed by atoms with Gasteiger partial charge in [-0.25, -0.2) is 0 Å². The molecular weight excluding hydrogens is 254 g/mol. The Morgan fingerprint density at radius 3 is 2.60 bits per heavy atom. The van der Waals surface area contributed by atoms with Crippen molar-refractivity contribution in [2.75, 3.05) is 18.4 Å². The van der Waals surface area contributed by atoms with Gasteiger partial charge in [-0.3, -0.25) is 4.79 Å². The van der Waals surface area contributed by atoms with Gasteiger partial charge in [0.15, 0.2) is 0 Å². The second-order valence-corrected chi connectivity index (χ2v) is 5.31. The molecule has 6 nitrogen and oxygen atoms in total. The van der Waals surface area contributed by atoms with E-state index < -0.39 is 0 Å². The number of nitrogens with zero attached hydrogens (tertiary/aromatic N) is 3. The highest BCUT2D eigenvalue weighted by Gasteiger charge is 2.36. The molecule has 0 radical (unpaired) electrons. The van der Waals surface area contributed by atoms with E-state index >= 15 is 0 Å². The molecule has 1 atom stereocenters. The maximum Gasteiger partial charge on any atom is 0.231 e. The molecule has 0 saturated carbocycles. The minimum absolute atomic E-state index is 0.0625. The van der Waals surface area contributed by atoms with Crippen molar-refractivity contribution in [3.63, 3.8) is 0 Å². The third-order valence-electron chi connectivity index (χ3n) is 3.69. The smallest absolute Gasteiger partial charge is 0.231 e. The quantitative estimate of drug-likeness (QED) is 0.880. The second kappa shape index (κ2) is 5.05. The van der Waals surface area contributed by atoms with E-state index in [-0.39, 0.29) is 11.3 Å². The largest absolute Gasteiger partial charge is 0.326 e. The molecule has 104 valence electrons. The maximum absolute atomic E-state index is 12.3. The molecule has 2 heterocycles. The van der Waals surface area contributed by atoms with Crippen LogP contribution in [-0.4, -0.2) is 34.0 Å². The Hall–Kier alpha value is -2.21. The number of hydrogen-bond acceptors (Lipinski definition) is 4. The summed E-state index contributed by atoms with van der Waals surface area (Å²) in [5, 5.41) is 14.3. The topological polar surface area (TPSA) is 71.8 Å². The van der Waals surface area contributed by atoms with Crippen LogP contribution in [0, 0.1) is 5.41 Å². The zero-order valence-corrected chi connectivity index (χ0v) is 11.3. The SMILES string of the molecule is CC1(C(=O)Nc2ccc(-n3nccn3)cc2)CCNC1. The molecule has 3 rings (SSSR count). The zero-order chi connectivity index (χ0) is 14.0. The van der Waals surface area contributed by atoms with Crippen LogP contribution in [0.5, 0.6) is 0 Å². The van der Waals surface area contributed by atoms with Crippen LogP contribution in [0.25, 0.3) is 5.69 Å². The fraction of sp³-hybridized carbons (Fsp3) is 0.357. The lowest BCUT2D eigenvalue weighted by Gasteiger charge is -2.21. The lowest BCUT2D eigenvalue weighted by Crippen LogP contribution is -2.35. The molecule has 0 aliphatic carbocycles. The summed E-state index contributed by atoms with van der Waals surface area (Å²) in [7, 11) is 0. The Morgan fingerprint density at radius 1 is 1.30 bits per heavy atom. The Kier molecular flexibility index (Phi) is 3.23. The average molecular weight is 271 g/mol. The molecule has 0 bridgehead atoms. The van der Waals surface area contributed by atoms with Crippen LogP contribution >= 0.6 is 0 Å². The molecular formula is C14H17N5O. The molecule has 6 heteroatoms. The predicted molar refractivity (Wildman–Crippen MR) is 75.6 cm³/mol. The van der Waals surface area contributed by atoms with E-state index in [0.29, 0.717) is 0 Å². The fourth-order valence-electron chi connectivity index (χ4n) is 2.32. The molecule has 1 aliphatic rings. The highest BCUT2D eigenvalue weighted by molar-refractivity contribution is 5.95. The molecule has 1 saturated heterocycles. The summed E-state index contributed by atoms with van der Waals surface area (Å²) in [5.74, 6) is 0.0625. The summed E-state index contributed by atoms with van der Waals surface area (Å²) in [6.07, 6.45) is 4.13. The van der Waals surface area contributed by atoms with Crippen LogP contribution in [0.2, 0.25) is 0 Å². The molecule has 1 amide bonds. The van der Waals surface area contributed by atoms with E-state index in [2.05, 4.69) is 20.8 Å². The minimum atomic E-state index is -0.317. The summed E-state index contributed by atoms with van der Waals surface area (Å²) in [5.41, 5.74) is 1.34. The van der Waals surface area contributed by atoms with Crippen LogP contribution in [0.15, 0.2) is 36.7 Å². The standard InChI is InChI=1S/C14H17N5O/c1-14(6-7-15-10-14)13(20)18-11-2-4-12(5-3-11)19-16-8-9-17-19/h2-5,8-9,15H,6-7,10H2,1H3,(H,18,20). The van der Waals surface area contributed by atoms with Crippen molar-refractivity contribution < 1.29 is 4.79 Å². The van der Waals surface area contributed by atoms with Crippen molar-refractivity contribution >= 4 is 11.6 Å². The molecule has 0 spiro atoms. The van der Waals surface area contributed by atoms with Crippen LogP contribution in [0.1, 0.15) is 13.3 Å². The summed E-state index contributed by atoms with van der Waals surface area (Å²) in [6, 6.07) is 7.49. The molecule has 1 aliphatic heterocycles. The van der Waals surface area contributed by atoms with Gasteiger partial charge < -0.3 is 10.6 Å². The van der Waals surface area contributed by atoms with Gasteiger partial charge in [-0.05, 0) is 44.2 Å². The van der Waals surface area contributed by atoms with E-state index in [1.165, 1.54) is 4.80 Å². The summed E-state index contributed by atoms with van der Waals surface area (Å²) in [6.45, 7) is 3.62. The van der Waals surface area contributed by atoms with E-state index in [1.807, 2.05) is 31.2 Å². The van der Waals surface area contributed by atoms with Gasteiger partial charge in [0.1, 0.15) is 0 Å². The third-order valence-corrected chi connectivity index (χ3v) is 3.69. The van der Waals surface area contributed by atoms with E-state index in [9.17, 15) is 4.79 Å². The third kappa shape index (κ3) is 2.42. The predicted octanol–water partition coefficient (Wildman–Crippen LogP) is 1.21. The first kappa shape index (κ1) is 12.8. The zero-order valence-electron chi connectivity index (χ0n) is 11.3. The van der Waals surface area contributed by atoms with Gasteiger partial charge in [0.05, 0.1) is 23.5 Å². The lowest BCUT2D eigenvalue weighted by atomic mass is 9.89. The molecule has 1 aromatic carbocycles. The van der Waals surface area contributed by atoms with Gasteiger partial charge in [-0.15, -0.1) is 0 Å². The van der Waals surface area contributed by atoms with Crippen LogP contribution < -0.4 is 10.6 Å². The molecule has 1 fully saturated rings. The van der Waals surface area contributed by atoms with Crippen molar-refractivity contribution in [2.24, 2.45) is 5.41 Å². The first-order valence-corrected chi connectivity index (χ1v) is 6.66. The second-order valence-electron chi connectivity index (χ2n) is 5.31. The number of hydrogen-bond donors (Lipinski definition) is 2. The van der Waals surface area contributed by atoms with E-state index in [0.717, 1.165) is 30.9 Å². The molecule has 2 aromatic rings. The van der Waals surface area contributed by atoms with E-state index in [4.69, 9.17) is 0 Å². The maximum atomic E-state index is 12.3. The number of rotatable bonds is 3. The Labute approximate surface area is 117 Å². The molecule has 1 aromatic heterocycles. The summed E-state index contributed by atoms with van der Waals surface area (Å²) < 4.78 is 0. The molecule has 20 heavy (non-hydrogen) atoms. The number of amides is 1. The average Bonchev–Trinajstić information content (AvgIpc) is 3.11. The number of nitrogens with one attached hydrogen (secondary N) is 2. The number of carbonyl (C=O) groups is 1. The van der Waals surface area contributed by atoms with Crippen LogP contribution in [-0.2, 0) is 4.79 Å². The van der Waals surface area contributed by atoms with Crippen molar-refractivity contribution in [1.82, 2.24) is 20.3 Å². The number of anilines is 1. The Morgan fingerprint density at radius 2 is 2.00 bits per heavy atom. The number of aromatic nitrogens is 3. The fourth-order valence-corrected chi connectivity index (χ4v) is 2.32. The van der Waals surface area contributed by atoms with Crippen molar-refractivity contribution in [2.45, 2.75) is 13.3 Å². The minimum Gasteiger partial charge on any atom is -0.326 e. The monoisotopic (exact) mass is 271 g/mol. The van der Waals surface area contributed by atoms with Crippen molar-refractivity contribution in [3.05, 3.63) is 36.7 Å². The van der Waals surface area contributed by atoms with Crippen molar-refractivity contribution in [3.8, 4) is 5.69 Å². The van der Waals surface area contributed by atoms with Gasteiger partial charge in [-0.2, -0.15) is 15.0 Å². The van der Waals surface area contributed by atoms with E-state index in [1.54, 1.807) is 12.4 Å².